The SMILES string of the molecule is CCOC(=O)/C(=C(\C)Nc1cccc(C(F)(F)F)c1)[C@H](N)c1ccc(N)cc1. The average molecular weight is 393 g/mol. The molecule has 5 N–H and O–H groups in total. The molecule has 1 atom stereocenters. The van der Waals surface area contributed by atoms with Crippen molar-refractivity contribution in [1.82, 2.24) is 0 Å². The number of halogens is 3. The zero-order chi connectivity index (χ0) is 20.9. The van der Waals surface area contributed by atoms with E-state index < -0.39 is 23.8 Å². The van der Waals surface area contributed by atoms with Crippen molar-refractivity contribution in [3.8, 4) is 0 Å². The molecule has 5 nitrogen and oxygen atoms in total. The van der Waals surface area contributed by atoms with Gasteiger partial charge in [-0.05, 0) is 49.7 Å². The Bertz CT molecular complexity index is 862. The number of rotatable bonds is 6. The molecule has 0 aromatic heterocycles. The minimum Gasteiger partial charge on any atom is -0.463 e. The summed E-state index contributed by atoms with van der Waals surface area (Å²) in [6.45, 7) is 3.34. The van der Waals surface area contributed by atoms with E-state index in [0.717, 1.165) is 12.1 Å². The maximum atomic E-state index is 12.9. The van der Waals surface area contributed by atoms with Crippen molar-refractivity contribution < 1.29 is 22.7 Å². The van der Waals surface area contributed by atoms with E-state index in [1.807, 2.05) is 0 Å². The number of esters is 1. The van der Waals surface area contributed by atoms with Gasteiger partial charge in [0.15, 0.2) is 0 Å². The number of nitrogens with two attached hydrogens (primary N) is 2. The van der Waals surface area contributed by atoms with Crippen molar-refractivity contribution in [2.24, 2.45) is 5.73 Å². The Balaban J connectivity index is 2.42. The van der Waals surface area contributed by atoms with Crippen LogP contribution >= 0.6 is 0 Å². The number of benzene rings is 2. The Hall–Kier alpha value is -3.00. The Morgan fingerprint density at radius 2 is 1.82 bits per heavy atom. The van der Waals surface area contributed by atoms with E-state index in [4.69, 9.17) is 16.2 Å². The van der Waals surface area contributed by atoms with Gasteiger partial charge in [-0.3, -0.25) is 0 Å². The number of nitrogens with one attached hydrogen (secondary N) is 1. The van der Waals surface area contributed by atoms with Crippen LogP contribution in [0.5, 0.6) is 0 Å². The van der Waals surface area contributed by atoms with E-state index in [-0.39, 0.29) is 17.9 Å². The first kappa shape index (κ1) is 21.3. The first-order valence-electron chi connectivity index (χ1n) is 8.56. The number of anilines is 2. The van der Waals surface area contributed by atoms with Crippen molar-refractivity contribution in [3.05, 3.63) is 70.9 Å². The fourth-order valence-electron chi connectivity index (χ4n) is 2.65. The molecule has 0 spiro atoms. The fraction of sp³-hybridized carbons (Fsp3) is 0.250. The number of ether oxygens (including phenoxy) is 1. The maximum Gasteiger partial charge on any atom is 0.416 e. The minimum atomic E-state index is -4.47. The molecule has 0 unspecified atom stereocenters. The molecule has 0 aliphatic carbocycles. The van der Waals surface area contributed by atoms with Crippen molar-refractivity contribution >= 4 is 17.3 Å². The molecular weight excluding hydrogens is 371 g/mol. The van der Waals surface area contributed by atoms with Crippen LogP contribution in [-0.2, 0) is 15.7 Å². The highest BCUT2D eigenvalue weighted by Gasteiger charge is 2.30. The molecule has 0 saturated carbocycles. The van der Waals surface area contributed by atoms with Crippen LogP contribution < -0.4 is 16.8 Å². The van der Waals surface area contributed by atoms with Gasteiger partial charge in [0.25, 0.3) is 0 Å². The minimum absolute atomic E-state index is 0.115. The molecular formula is C20H22F3N3O2. The molecule has 0 radical (unpaired) electrons. The van der Waals surface area contributed by atoms with Crippen LogP contribution in [0.2, 0.25) is 0 Å². The van der Waals surface area contributed by atoms with Crippen LogP contribution in [0.1, 0.15) is 31.0 Å². The number of hydrogen-bond acceptors (Lipinski definition) is 5. The number of nitrogen functional groups attached to an aromatic ring is 1. The first-order valence-corrected chi connectivity index (χ1v) is 8.56. The lowest BCUT2D eigenvalue weighted by atomic mass is 9.97. The molecule has 0 aliphatic heterocycles. The molecule has 8 heteroatoms. The standard InChI is InChI=1S/C20H22F3N3O2/c1-3-28-19(27)17(18(25)13-7-9-15(24)10-8-13)12(2)26-16-6-4-5-14(11-16)20(21,22)23/h4-11,18,26H,3,24-25H2,1-2H3/b17-12+/t18-/m1/s1. The fourth-order valence-corrected chi connectivity index (χ4v) is 2.65. The summed E-state index contributed by atoms with van der Waals surface area (Å²) in [5, 5.41) is 2.83. The highest BCUT2D eigenvalue weighted by atomic mass is 19.4. The zero-order valence-corrected chi connectivity index (χ0v) is 15.5. The largest absolute Gasteiger partial charge is 0.463 e. The van der Waals surface area contributed by atoms with E-state index in [2.05, 4.69) is 5.32 Å². The Labute approximate surface area is 161 Å². The predicted molar refractivity (Wildman–Crippen MR) is 102 cm³/mol. The molecule has 0 saturated heterocycles. The molecule has 0 amide bonds. The second kappa shape index (κ2) is 8.79. The molecule has 2 aromatic carbocycles. The van der Waals surface area contributed by atoms with Crippen LogP contribution in [0.4, 0.5) is 24.5 Å². The Morgan fingerprint density at radius 1 is 1.18 bits per heavy atom. The second-order valence-electron chi connectivity index (χ2n) is 6.11. The third-order valence-corrected chi connectivity index (χ3v) is 4.03. The summed E-state index contributed by atoms with van der Waals surface area (Å²) in [7, 11) is 0. The highest BCUT2D eigenvalue weighted by Crippen LogP contribution is 2.31. The van der Waals surface area contributed by atoms with Crippen molar-refractivity contribution in [2.45, 2.75) is 26.1 Å². The zero-order valence-electron chi connectivity index (χ0n) is 15.5. The number of alkyl halides is 3. The van der Waals surface area contributed by atoms with E-state index in [0.29, 0.717) is 16.9 Å². The van der Waals surface area contributed by atoms with E-state index in [1.165, 1.54) is 12.1 Å². The highest BCUT2D eigenvalue weighted by molar-refractivity contribution is 5.91. The van der Waals surface area contributed by atoms with Gasteiger partial charge in [-0.15, -0.1) is 0 Å². The number of allylic oxidation sites excluding steroid dienone is 1. The lowest BCUT2D eigenvalue weighted by Gasteiger charge is -2.20. The van der Waals surface area contributed by atoms with Gasteiger partial charge in [0.1, 0.15) is 0 Å². The smallest absolute Gasteiger partial charge is 0.416 e. The van der Waals surface area contributed by atoms with Gasteiger partial charge in [0.2, 0.25) is 0 Å². The quantitative estimate of drug-likeness (QED) is 0.388. The lowest BCUT2D eigenvalue weighted by Crippen LogP contribution is -2.24. The van der Waals surface area contributed by atoms with Crippen molar-refractivity contribution in [1.29, 1.82) is 0 Å². The molecule has 2 aromatic rings. The first-order chi connectivity index (χ1) is 13.1. The van der Waals surface area contributed by atoms with E-state index in [1.54, 1.807) is 38.1 Å². The van der Waals surface area contributed by atoms with Gasteiger partial charge < -0.3 is 21.5 Å². The summed E-state index contributed by atoms with van der Waals surface area (Å²) in [6, 6.07) is 10.5. The van der Waals surface area contributed by atoms with Crippen molar-refractivity contribution in [2.75, 3.05) is 17.7 Å². The van der Waals surface area contributed by atoms with Gasteiger partial charge in [0.05, 0.1) is 23.8 Å². The summed E-state index contributed by atoms with van der Waals surface area (Å²) in [5.74, 6) is -0.649. The molecule has 2 rings (SSSR count). The monoisotopic (exact) mass is 393 g/mol. The molecule has 0 heterocycles. The number of carbonyl (C=O) groups is 1. The van der Waals surface area contributed by atoms with Gasteiger partial charge in [-0.1, -0.05) is 18.2 Å². The van der Waals surface area contributed by atoms with Gasteiger partial charge in [-0.25, -0.2) is 4.79 Å². The molecule has 28 heavy (non-hydrogen) atoms. The van der Waals surface area contributed by atoms with Gasteiger partial charge in [0, 0.05) is 17.1 Å². The molecule has 0 aliphatic rings. The second-order valence-corrected chi connectivity index (χ2v) is 6.11. The maximum absolute atomic E-state index is 12.9. The van der Waals surface area contributed by atoms with E-state index >= 15 is 0 Å². The van der Waals surface area contributed by atoms with Crippen LogP contribution in [0, 0.1) is 0 Å². The van der Waals surface area contributed by atoms with Crippen LogP contribution in [0.15, 0.2) is 59.8 Å². The van der Waals surface area contributed by atoms with Crippen LogP contribution in [0.3, 0.4) is 0 Å². The summed E-state index contributed by atoms with van der Waals surface area (Å²) in [5.41, 5.74) is 12.9. The van der Waals surface area contributed by atoms with Crippen LogP contribution in [0.25, 0.3) is 0 Å². The van der Waals surface area contributed by atoms with Crippen molar-refractivity contribution in [3.63, 3.8) is 0 Å². The Morgan fingerprint density at radius 3 is 2.39 bits per heavy atom. The normalized spacial score (nSPS) is 13.5. The lowest BCUT2D eigenvalue weighted by molar-refractivity contribution is -0.139. The Kier molecular flexibility index (Phi) is 6.69. The summed E-state index contributed by atoms with van der Waals surface area (Å²) >= 11 is 0. The van der Waals surface area contributed by atoms with E-state index in [9.17, 15) is 18.0 Å². The molecule has 0 bridgehead atoms. The number of carbonyl (C=O) groups excluding carboxylic acids is 1. The third kappa shape index (κ3) is 5.26. The molecule has 150 valence electrons. The summed E-state index contributed by atoms with van der Waals surface area (Å²) < 4.78 is 43.9. The van der Waals surface area contributed by atoms with Gasteiger partial charge >= 0.3 is 12.1 Å². The molecule has 0 fully saturated rings. The average Bonchev–Trinajstić information content (AvgIpc) is 2.62. The third-order valence-electron chi connectivity index (χ3n) is 4.03. The number of hydrogen-bond donors (Lipinski definition) is 3. The predicted octanol–water partition coefficient (Wildman–Crippen LogP) is 4.24. The topological polar surface area (TPSA) is 90.4 Å². The summed E-state index contributed by atoms with van der Waals surface area (Å²) in [6.07, 6.45) is -4.47. The van der Waals surface area contributed by atoms with Gasteiger partial charge in [-0.2, -0.15) is 13.2 Å². The van der Waals surface area contributed by atoms with Crippen LogP contribution in [-0.4, -0.2) is 12.6 Å². The summed E-state index contributed by atoms with van der Waals surface area (Å²) in [4.78, 5) is 12.5.